The molecule has 0 radical (unpaired) electrons. The molecule has 0 unspecified atom stereocenters. The first-order valence-electron chi connectivity index (χ1n) is 14.1. The highest BCUT2D eigenvalue weighted by molar-refractivity contribution is 6.09. The van der Waals surface area contributed by atoms with E-state index in [0.29, 0.717) is 39.0 Å². The molecule has 2 heterocycles. The molecule has 0 aliphatic heterocycles. The van der Waals surface area contributed by atoms with Gasteiger partial charge >= 0.3 is 6.18 Å². The molecule has 0 saturated carbocycles. The molecular weight excluding hydrogens is 596 g/mol. The fourth-order valence-corrected chi connectivity index (χ4v) is 5.04. The van der Waals surface area contributed by atoms with Crippen LogP contribution in [0, 0.1) is 5.82 Å². The first kappa shape index (κ1) is 30.1. The number of halogens is 4. The summed E-state index contributed by atoms with van der Waals surface area (Å²) in [6.45, 7) is 0. The van der Waals surface area contributed by atoms with Crippen LogP contribution >= 0.6 is 0 Å². The molecule has 0 aliphatic rings. The summed E-state index contributed by atoms with van der Waals surface area (Å²) in [7, 11) is 0. The number of rotatable bonds is 7. The highest BCUT2D eigenvalue weighted by Crippen LogP contribution is 2.32. The second kappa shape index (κ2) is 12.6. The lowest BCUT2D eigenvalue weighted by Gasteiger charge is -2.19. The quantitative estimate of drug-likeness (QED) is 0.176. The molecule has 2 amide bonds. The van der Waals surface area contributed by atoms with Gasteiger partial charge in [-0.3, -0.25) is 19.6 Å². The standard InChI is InChI=1S/C36H24F4N4O2/c37-27-15-10-23(11-16-27)33(31-7-3-4-18-41-31)44-34(45)25-19-24-12-17-28(20-32(24)42-21-25)43-35(46)30-6-2-1-5-29(30)22-8-13-26(14-9-22)36(38,39)40/h1-21,33H,(H,43,46)(H,44,45)/t33-/m1/s1. The Morgan fingerprint density at radius 2 is 1.48 bits per heavy atom. The number of benzene rings is 4. The lowest BCUT2D eigenvalue weighted by molar-refractivity contribution is -0.137. The summed E-state index contributed by atoms with van der Waals surface area (Å²) in [5.74, 6) is -1.26. The van der Waals surface area contributed by atoms with Gasteiger partial charge in [0.2, 0.25) is 0 Å². The summed E-state index contributed by atoms with van der Waals surface area (Å²) in [5, 5.41) is 6.43. The first-order valence-corrected chi connectivity index (χ1v) is 14.1. The van der Waals surface area contributed by atoms with E-state index in [4.69, 9.17) is 0 Å². The van der Waals surface area contributed by atoms with Crippen LogP contribution in [0.5, 0.6) is 0 Å². The van der Waals surface area contributed by atoms with Crippen molar-refractivity contribution in [1.29, 1.82) is 0 Å². The first-order chi connectivity index (χ1) is 22.2. The van der Waals surface area contributed by atoms with E-state index < -0.39 is 35.4 Å². The molecule has 6 nitrogen and oxygen atoms in total. The van der Waals surface area contributed by atoms with Crippen LogP contribution < -0.4 is 10.6 Å². The Balaban J connectivity index is 1.20. The lowest BCUT2D eigenvalue weighted by atomic mass is 9.98. The van der Waals surface area contributed by atoms with Crippen molar-refractivity contribution in [3.63, 3.8) is 0 Å². The van der Waals surface area contributed by atoms with Crippen molar-refractivity contribution in [2.45, 2.75) is 12.2 Å². The molecule has 0 aliphatic carbocycles. The predicted molar refractivity (Wildman–Crippen MR) is 167 cm³/mol. The molecule has 46 heavy (non-hydrogen) atoms. The van der Waals surface area contributed by atoms with Gasteiger partial charge in [-0.1, -0.05) is 54.6 Å². The lowest BCUT2D eigenvalue weighted by Crippen LogP contribution is -2.30. The van der Waals surface area contributed by atoms with Crippen molar-refractivity contribution in [3.05, 3.63) is 161 Å². The molecule has 0 bridgehead atoms. The Morgan fingerprint density at radius 1 is 0.739 bits per heavy atom. The summed E-state index contributed by atoms with van der Waals surface area (Å²) in [6, 6.07) is 28.5. The number of anilines is 1. The van der Waals surface area contributed by atoms with E-state index in [1.165, 1.54) is 30.5 Å². The summed E-state index contributed by atoms with van der Waals surface area (Å²) >= 11 is 0. The van der Waals surface area contributed by atoms with E-state index in [9.17, 15) is 27.2 Å². The molecule has 1 atom stereocenters. The van der Waals surface area contributed by atoms with E-state index in [1.54, 1.807) is 85.1 Å². The van der Waals surface area contributed by atoms with Gasteiger partial charge in [-0.05, 0) is 77.4 Å². The molecular formula is C36H24F4N4O2. The number of hydrogen-bond donors (Lipinski definition) is 2. The molecule has 4 aromatic carbocycles. The average molecular weight is 621 g/mol. The number of alkyl halides is 3. The van der Waals surface area contributed by atoms with Crippen molar-refractivity contribution in [2.75, 3.05) is 5.32 Å². The van der Waals surface area contributed by atoms with Crippen LogP contribution in [0.25, 0.3) is 22.0 Å². The number of hydrogen-bond acceptors (Lipinski definition) is 4. The summed E-state index contributed by atoms with van der Waals surface area (Å²) in [4.78, 5) is 35.4. The molecule has 2 aromatic heterocycles. The maximum atomic E-state index is 13.6. The van der Waals surface area contributed by atoms with Crippen molar-refractivity contribution >= 4 is 28.4 Å². The van der Waals surface area contributed by atoms with Crippen LogP contribution in [0.2, 0.25) is 0 Å². The molecule has 0 saturated heterocycles. The minimum Gasteiger partial charge on any atom is -0.339 e. The molecule has 2 N–H and O–H groups in total. The fraction of sp³-hybridized carbons (Fsp3) is 0.0556. The Labute approximate surface area is 260 Å². The molecule has 228 valence electrons. The van der Waals surface area contributed by atoms with Gasteiger partial charge in [0.1, 0.15) is 5.82 Å². The Morgan fingerprint density at radius 3 is 2.20 bits per heavy atom. The third kappa shape index (κ3) is 6.61. The minimum absolute atomic E-state index is 0.283. The largest absolute Gasteiger partial charge is 0.416 e. The van der Waals surface area contributed by atoms with Gasteiger partial charge in [0, 0.05) is 29.0 Å². The van der Waals surface area contributed by atoms with Crippen LogP contribution in [0.3, 0.4) is 0 Å². The second-order valence-corrected chi connectivity index (χ2v) is 10.4. The van der Waals surface area contributed by atoms with E-state index in [1.807, 2.05) is 0 Å². The van der Waals surface area contributed by atoms with Gasteiger partial charge in [0.25, 0.3) is 11.8 Å². The zero-order valence-corrected chi connectivity index (χ0v) is 23.9. The molecule has 6 aromatic rings. The van der Waals surface area contributed by atoms with E-state index in [-0.39, 0.29) is 11.1 Å². The Bertz CT molecular complexity index is 2030. The monoisotopic (exact) mass is 620 g/mol. The van der Waals surface area contributed by atoms with E-state index in [2.05, 4.69) is 20.6 Å². The van der Waals surface area contributed by atoms with Crippen molar-refractivity contribution in [1.82, 2.24) is 15.3 Å². The smallest absolute Gasteiger partial charge is 0.339 e. The van der Waals surface area contributed by atoms with Crippen LogP contribution in [-0.4, -0.2) is 21.8 Å². The van der Waals surface area contributed by atoms with Crippen molar-refractivity contribution < 1.29 is 27.2 Å². The second-order valence-electron chi connectivity index (χ2n) is 10.4. The average Bonchev–Trinajstić information content (AvgIpc) is 3.07. The summed E-state index contributed by atoms with van der Waals surface area (Å²) in [6.07, 6.45) is -1.43. The van der Waals surface area contributed by atoms with Crippen LogP contribution in [0.15, 0.2) is 128 Å². The number of pyridine rings is 2. The highest BCUT2D eigenvalue weighted by Gasteiger charge is 2.30. The third-order valence-corrected chi connectivity index (χ3v) is 7.36. The predicted octanol–water partition coefficient (Wildman–Crippen LogP) is 8.23. The number of fused-ring (bicyclic) bond motifs is 1. The van der Waals surface area contributed by atoms with Crippen molar-refractivity contribution in [2.24, 2.45) is 0 Å². The summed E-state index contributed by atoms with van der Waals surface area (Å²) < 4.78 is 52.7. The van der Waals surface area contributed by atoms with Gasteiger partial charge in [-0.2, -0.15) is 13.2 Å². The zero-order chi connectivity index (χ0) is 32.3. The molecule has 0 spiro atoms. The van der Waals surface area contributed by atoms with Crippen molar-refractivity contribution in [3.8, 4) is 11.1 Å². The minimum atomic E-state index is -4.46. The van der Waals surface area contributed by atoms with Gasteiger partial charge in [0.05, 0.1) is 28.4 Å². The van der Waals surface area contributed by atoms with Crippen LogP contribution in [0.4, 0.5) is 23.2 Å². The van der Waals surface area contributed by atoms with Gasteiger partial charge < -0.3 is 10.6 Å². The maximum absolute atomic E-state index is 13.6. The Hall–Kier alpha value is -5.90. The van der Waals surface area contributed by atoms with Gasteiger partial charge in [0.15, 0.2) is 0 Å². The summed E-state index contributed by atoms with van der Waals surface area (Å²) in [5.41, 5.74) is 2.94. The fourth-order valence-electron chi connectivity index (χ4n) is 5.04. The topological polar surface area (TPSA) is 84.0 Å². The number of carbonyl (C=O) groups is 2. The molecule has 0 fully saturated rings. The number of amides is 2. The number of nitrogens with one attached hydrogen (secondary N) is 2. The van der Waals surface area contributed by atoms with Gasteiger partial charge in [-0.25, -0.2) is 4.39 Å². The maximum Gasteiger partial charge on any atom is 0.416 e. The molecule has 6 rings (SSSR count). The highest BCUT2D eigenvalue weighted by atomic mass is 19.4. The SMILES string of the molecule is O=C(N[C@H](c1ccc(F)cc1)c1ccccn1)c1cnc2cc(NC(=O)c3ccccc3-c3ccc(C(F)(F)F)cc3)ccc2c1. The third-order valence-electron chi connectivity index (χ3n) is 7.36. The number of aromatic nitrogens is 2. The van der Waals surface area contributed by atoms with E-state index in [0.717, 1.165) is 12.1 Å². The van der Waals surface area contributed by atoms with Gasteiger partial charge in [-0.15, -0.1) is 0 Å². The Kier molecular flexibility index (Phi) is 8.26. The number of nitrogens with zero attached hydrogens (tertiary/aromatic N) is 2. The van der Waals surface area contributed by atoms with Crippen LogP contribution in [-0.2, 0) is 6.18 Å². The molecule has 10 heteroatoms. The van der Waals surface area contributed by atoms with Crippen LogP contribution in [0.1, 0.15) is 43.6 Å². The number of carbonyl (C=O) groups excluding carboxylic acids is 2. The zero-order valence-electron chi connectivity index (χ0n) is 23.9. The van der Waals surface area contributed by atoms with E-state index >= 15 is 0 Å². The normalized spacial score (nSPS) is 12.0.